The number of hydrogen-bond donors (Lipinski definition) is 2. The molecule has 0 saturated heterocycles. The van der Waals surface area contributed by atoms with Crippen molar-refractivity contribution in [2.45, 2.75) is 0 Å². The third-order valence-corrected chi connectivity index (χ3v) is 1.14. The molecule has 0 aromatic carbocycles. The number of ether oxygens (including phenoxy) is 2. The zero-order valence-corrected chi connectivity index (χ0v) is 8.12. The Bertz CT molecular complexity index is 165. The number of rotatable bonds is 8. The van der Waals surface area contributed by atoms with Crippen molar-refractivity contribution in [3.05, 3.63) is 25.3 Å². The minimum Gasteiger partial charge on any atom is -0.357 e. The van der Waals surface area contributed by atoms with Crippen LogP contribution in [0.15, 0.2) is 25.3 Å². The summed E-state index contributed by atoms with van der Waals surface area (Å²) in [5.41, 5.74) is 0. The Kier molecular flexibility index (Phi) is 8.83. The van der Waals surface area contributed by atoms with E-state index in [0.717, 1.165) is 0 Å². The van der Waals surface area contributed by atoms with Crippen LogP contribution in [0.1, 0.15) is 0 Å². The summed E-state index contributed by atoms with van der Waals surface area (Å²) in [6.45, 7) is 8.05. The molecule has 0 aliphatic heterocycles. The Morgan fingerprint density at radius 3 is 1.86 bits per heavy atom. The topological polar surface area (TPSA) is 59.6 Å². The van der Waals surface area contributed by atoms with Gasteiger partial charge in [0.05, 0.1) is 13.2 Å². The van der Waals surface area contributed by atoms with Gasteiger partial charge in [-0.1, -0.05) is 12.2 Å². The Balaban J connectivity index is 3.19. The Labute approximate surface area is 83.8 Å². The molecule has 0 fully saturated rings. The number of amides is 2. The summed E-state index contributed by atoms with van der Waals surface area (Å²) in [5.74, 6) is 0. The average Bonchev–Trinajstić information content (AvgIpc) is 2.19. The second-order valence-corrected chi connectivity index (χ2v) is 2.29. The van der Waals surface area contributed by atoms with Crippen molar-refractivity contribution in [2.75, 3.05) is 26.7 Å². The molecule has 0 spiro atoms. The van der Waals surface area contributed by atoms with E-state index in [4.69, 9.17) is 9.47 Å². The number of hydrogen-bond acceptors (Lipinski definition) is 3. The molecule has 0 bridgehead atoms. The smallest absolute Gasteiger partial charge is 0.318 e. The van der Waals surface area contributed by atoms with Gasteiger partial charge in [0, 0.05) is 0 Å². The Morgan fingerprint density at radius 1 is 1.07 bits per heavy atom. The van der Waals surface area contributed by atoms with Crippen LogP contribution >= 0.6 is 0 Å². The quantitative estimate of drug-likeness (QED) is 0.343. The first-order chi connectivity index (χ1) is 6.81. The molecule has 2 amide bonds. The van der Waals surface area contributed by atoms with Crippen LogP contribution in [0.25, 0.3) is 0 Å². The van der Waals surface area contributed by atoms with Crippen molar-refractivity contribution < 1.29 is 14.3 Å². The largest absolute Gasteiger partial charge is 0.357 e. The molecule has 0 aromatic heterocycles. The molecule has 5 nitrogen and oxygen atoms in total. The van der Waals surface area contributed by atoms with Crippen LogP contribution in [0.4, 0.5) is 4.79 Å². The van der Waals surface area contributed by atoms with Crippen LogP contribution in [0.5, 0.6) is 0 Å². The number of nitrogens with one attached hydrogen (secondary N) is 2. The summed E-state index contributed by atoms with van der Waals surface area (Å²) in [6, 6.07) is -0.335. The van der Waals surface area contributed by atoms with Gasteiger partial charge in [0.15, 0.2) is 0 Å². The highest BCUT2D eigenvalue weighted by Crippen LogP contribution is 1.74. The lowest BCUT2D eigenvalue weighted by Gasteiger charge is -2.06. The van der Waals surface area contributed by atoms with Crippen LogP contribution in [0.2, 0.25) is 0 Å². The fourth-order valence-electron chi connectivity index (χ4n) is 0.580. The number of carbonyl (C=O) groups is 1. The molecule has 5 heteroatoms. The average molecular weight is 200 g/mol. The van der Waals surface area contributed by atoms with E-state index in [1.165, 1.54) is 0 Å². The van der Waals surface area contributed by atoms with Crippen LogP contribution in [-0.4, -0.2) is 32.7 Å². The van der Waals surface area contributed by atoms with Gasteiger partial charge >= 0.3 is 6.03 Å². The molecule has 14 heavy (non-hydrogen) atoms. The predicted molar refractivity (Wildman–Crippen MR) is 53.7 cm³/mol. The van der Waals surface area contributed by atoms with E-state index < -0.39 is 0 Å². The maximum Gasteiger partial charge on any atom is 0.318 e. The summed E-state index contributed by atoms with van der Waals surface area (Å²) in [4.78, 5) is 10.9. The first kappa shape index (κ1) is 12.7. The van der Waals surface area contributed by atoms with Crippen molar-refractivity contribution in [3.8, 4) is 0 Å². The van der Waals surface area contributed by atoms with Crippen molar-refractivity contribution in [1.82, 2.24) is 10.6 Å². The molecule has 0 unspecified atom stereocenters. The van der Waals surface area contributed by atoms with E-state index in [-0.39, 0.29) is 19.5 Å². The van der Waals surface area contributed by atoms with Gasteiger partial charge in [-0.05, 0) is 0 Å². The Morgan fingerprint density at radius 2 is 1.50 bits per heavy atom. The first-order valence-corrected chi connectivity index (χ1v) is 4.20. The zero-order chi connectivity index (χ0) is 10.6. The number of urea groups is 1. The SMILES string of the molecule is C=CCOCNC(=O)NCOCC=C. The summed E-state index contributed by atoms with van der Waals surface area (Å²) in [5, 5.41) is 4.94. The van der Waals surface area contributed by atoms with Gasteiger partial charge in [-0.3, -0.25) is 0 Å². The summed E-state index contributed by atoms with van der Waals surface area (Å²) in [7, 11) is 0. The molecule has 0 rings (SSSR count). The monoisotopic (exact) mass is 200 g/mol. The van der Waals surface area contributed by atoms with Gasteiger partial charge in [-0.25, -0.2) is 4.79 Å². The molecular formula is C9H16N2O3. The number of carbonyl (C=O) groups excluding carboxylic acids is 1. The lowest BCUT2D eigenvalue weighted by atomic mass is 10.7. The predicted octanol–water partition coefficient (Wildman–Crippen LogP) is 0.606. The molecule has 0 radical (unpaired) electrons. The molecule has 2 N–H and O–H groups in total. The third-order valence-electron chi connectivity index (χ3n) is 1.14. The molecule has 0 atom stereocenters. The summed E-state index contributed by atoms with van der Waals surface area (Å²) in [6.07, 6.45) is 3.21. The Hall–Kier alpha value is -1.33. The van der Waals surface area contributed by atoms with E-state index >= 15 is 0 Å². The molecule has 0 aliphatic rings. The second-order valence-electron chi connectivity index (χ2n) is 2.29. The minimum absolute atomic E-state index is 0.152. The van der Waals surface area contributed by atoms with E-state index in [1.54, 1.807) is 12.2 Å². The van der Waals surface area contributed by atoms with Crippen LogP contribution in [-0.2, 0) is 9.47 Å². The van der Waals surface area contributed by atoms with Crippen molar-refractivity contribution >= 4 is 6.03 Å². The fourth-order valence-corrected chi connectivity index (χ4v) is 0.580. The summed E-state index contributed by atoms with van der Waals surface area (Å²) >= 11 is 0. The molecule has 80 valence electrons. The highest BCUT2D eigenvalue weighted by molar-refractivity contribution is 5.73. The lowest BCUT2D eigenvalue weighted by Crippen LogP contribution is -2.38. The van der Waals surface area contributed by atoms with Crippen LogP contribution in [0.3, 0.4) is 0 Å². The van der Waals surface area contributed by atoms with Crippen LogP contribution in [0, 0.1) is 0 Å². The van der Waals surface area contributed by atoms with Gasteiger partial charge in [0.1, 0.15) is 13.5 Å². The third kappa shape index (κ3) is 8.76. The van der Waals surface area contributed by atoms with Crippen molar-refractivity contribution in [2.24, 2.45) is 0 Å². The highest BCUT2D eigenvalue weighted by Gasteiger charge is 1.96. The van der Waals surface area contributed by atoms with Gasteiger partial charge in [0.2, 0.25) is 0 Å². The molecular weight excluding hydrogens is 184 g/mol. The molecule has 0 aromatic rings. The van der Waals surface area contributed by atoms with Gasteiger partial charge in [-0.15, -0.1) is 13.2 Å². The van der Waals surface area contributed by atoms with E-state index in [1.807, 2.05) is 0 Å². The second kappa shape index (κ2) is 9.76. The summed E-state index contributed by atoms with van der Waals surface area (Å²) < 4.78 is 9.87. The normalized spacial score (nSPS) is 9.14. The fraction of sp³-hybridized carbons (Fsp3) is 0.444. The lowest BCUT2D eigenvalue weighted by molar-refractivity contribution is 0.128. The molecule has 0 heterocycles. The molecule has 0 aliphatic carbocycles. The standard InChI is InChI=1S/C9H16N2O3/c1-3-5-13-7-10-9(12)11-8-14-6-4-2/h3-4H,1-2,5-8H2,(H2,10,11,12). The van der Waals surface area contributed by atoms with Gasteiger partial charge in [0.25, 0.3) is 0 Å². The maximum atomic E-state index is 10.9. The van der Waals surface area contributed by atoms with Gasteiger partial charge < -0.3 is 20.1 Å². The van der Waals surface area contributed by atoms with Crippen molar-refractivity contribution in [3.63, 3.8) is 0 Å². The highest BCUT2D eigenvalue weighted by atomic mass is 16.5. The van der Waals surface area contributed by atoms with Gasteiger partial charge in [-0.2, -0.15) is 0 Å². The van der Waals surface area contributed by atoms with Crippen LogP contribution < -0.4 is 10.6 Å². The zero-order valence-electron chi connectivity index (χ0n) is 8.12. The minimum atomic E-state index is -0.335. The first-order valence-electron chi connectivity index (χ1n) is 4.20. The molecule has 0 saturated carbocycles. The van der Waals surface area contributed by atoms with E-state index in [0.29, 0.717) is 13.2 Å². The van der Waals surface area contributed by atoms with E-state index in [9.17, 15) is 4.79 Å². The maximum absolute atomic E-state index is 10.9. The van der Waals surface area contributed by atoms with E-state index in [2.05, 4.69) is 23.8 Å². The van der Waals surface area contributed by atoms with Crippen molar-refractivity contribution in [1.29, 1.82) is 0 Å².